The molecule has 0 saturated heterocycles. The van der Waals surface area contributed by atoms with Crippen molar-refractivity contribution in [2.45, 2.75) is 0 Å². The Morgan fingerprint density at radius 2 is 0.517 bits per heavy atom. The van der Waals surface area contributed by atoms with Crippen molar-refractivity contribution < 1.29 is 18.1 Å². The van der Waals surface area contributed by atoms with Gasteiger partial charge in [0.25, 0.3) is 0 Å². The molecule has 5 heteroatoms. The quantitative estimate of drug-likeness (QED) is 0.297. The molecular formula is C24H20O4P. The summed E-state index contributed by atoms with van der Waals surface area (Å²) in [4.78, 5) is 0. The summed E-state index contributed by atoms with van der Waals surface area (Å²) in [6.45, 7) is 0. The Hall–Kier alpha value is -3.49. The van der Waals surface area contributed by atoms with Crippen molar-refractivity contribution in [1.29, 1.82) is 0 Å². The van der Waals surface area contributed by atoms with Crippen molar-refractivity contribution in [3.05, 3.63) is 121 Å². The van der Waals surface area contributed by atoms with Gasteiger partial charge in [0.15, 0.2) is 0 Å². The molecule has 0 saturated carbocycles. The highest BCUT2D eigenvalue weighted by Gasteiger charge is 2.43. The van der Waals surface area contributed by atoms with Gasteiger partial charge in [0.1, 0.15) is 23.0 Å². The molecular weight excluding hydrogens is 383 g/mol. The first-order valence-corrected chi connectivity index (χ1v) is 10.7. The van der Waals surface area contributed by atoms with Crippen LogP contribution < -0.4 is 18.1 Å². The zero-order valence-electron chi connectivity index (χ0n) is 15.6. The largest absolute Gasteiger partial charge is 0.611 e. The summed E-state index contributed by atoms with van der Waals surface area (Å²) in [5.41, 5.74) is 0. The summed E-state index contributed by atoms with van der Waals surface area (Å²) in [6.07, 6.45) is 0. The van der Waals surface area contributed by atoms with Crippen molar-refractivity contribution in [3.8, 4) is 23.0 Å². The molecule has 0 spiro atoms. The van der Waals surface area contributed by atoms with Crippen LogP contribution in [0.5, 0.6) is 23.0 Å². The maximum atomic E-state index is 6.26. The predicted octanol–water partition coefficient (Wildman–Crippen LogP) is 6.98. The van der Waals surface area contributed by atoms with E-state index in [0.717, 1.165) is 0 Å². The van der Waals surface area contributed by atoms with Crippen LogP contribution in [0.1, 0.15) is 0 Å². The standard InChI is InChI=1S/C24H20O4P/c1-5-13-21(14-6-1)25-29(26-22-15-7-2-8-16-22,27-23-17-9-3-10-18-23)28-24-19-11-4-12-20-24/h1-20H. The number of rotatable bonds is 8. The highest BCUT2D eigenvalue weighted by Crippen LogP contribution is 2.61. The van der Waals surface area contributed by atoms with Gasteiger partial charge in [0, 0.05) is 0 Å². The van der Waals surface area contributed by atoms with Gasteiger partial charge >= 0.3 is 8.17 Å². The monoisotopic (exact) mass is 403 g/mol. The van der Waals surface area contributed by atoms with Gasteiger partial charge in [0.2, 0.25) is 0 Å². The molecule has 145 valence electrons. The number of benzene rings is 4. The smallest absolute Gasteiger partial charge is 0.388 e. The molecule has 4 nitrogen and oxygen atoms in total. The molecule has 0 aliphatic carbocycles. The average Bonchev–Trinajstić information content (AvgIpc) is 2.76. The first-order chi connectivity index (χ1) is 14.3. The molecule has 0 aromatic heterocycles. The first kappa shape index (κ1) is 18.9. The maximum Gasteiger partial charge on any atom is 0.611 e. The van der Waals surface area contributed by atoms with E-state index in [1.54, 1.807) is 0 Å². The third kappa shape index (κ3) is 5.28. The molecule has 29 heavy (non-hydrogen) atoms. The zero-order chi connectivity index (χ0) is 19.8. The molecule has 4 rings (SSSR count). The van der Waals surface area contributed by atoms with Crippen LogP contribution in [0.4, 0.5) is 0 Å². The fourth-order valence-corrected chi connectivity index (χ4v) is 4.30. The Morgan fingerprint density at radius 1 is 0.310 bits per heavy atom. The van der Waals surface area contributed by atoms with Gasteiger partial charge in [-0.3, -0.25) is 0 Å². The lowest BCUT2D eigenvalue weighted by Crippen LogP contribution is -2.20. The van der Waals surface area contributed by atoms with E-state index in [1.807, 2.05) is 121 Å². The second-order valence-corrected chi connectivity index (χ2v) is 7.69. The first-order valence-electron chi connectivity index (χ1n) is 9.19. The molecule has 0 atom stereocenters. The van der Waals surface area contributed by atoms with Crippen LogP contribution in [0, 0.1) is 0 Å². The number of hydrogen-bond acceptors (Lipinski definition) is 4. The highest BCUT2D eigenvalue weighted by molar-refractivity contribution is 7.58. The van der Waals surface area contributed by atoms with E-state index in [9.17, 15) is 0 Å². The topological polar surface area (TPSA) is 36.9 Å². The second-order valence-electron chi connectivity index (χ2n) is 6.06. The summed E-state index contributed by atoms with van der Waals surface area (Å²) in [5.74, 6) is 2.35. The summed E-state index contributed by atoms with van der Waals surface area (Å²) in [6, 6.07) is 37.5. The second kappa shape index (κ2) is 9.13. The molecule has 4 aromatic rings. The highest BCUT2D eigenvalue weighted by atomic mass is 31.2. The van der Waals surface area contributed by atoms with Crippen LogP contribution in [-0.2, 0) is 0 Å². The Labute approximate surface area is 170 Å². The third-order valence-electron chi connectivity index (χ3n) is 3.84. The van der Waals surface area contributed by atoms with Crippen LogP contribution in [0.15, 0.2) is 121 Å². The molecule has 0 heterocycles. The fraction of sp³-hybridized carbons (Fsp3) is 0. The minimum Gasteiger partial charge on any atom is -0.388 e. The van der Waals surface area contributed by atoms with Crippen molar-refractivity contribution in [1.82, 2.24) is 0 Å². The van der Waals surface area contributed by atoms with Crippen LogP contribution in [-0.4, -0.2) is 0 Å². The van der Waals surface area contributed by atoms with Gasteiger partial charge in [0.05, 0.1) is 0 Å². The summed E-state index contributed by atoms with van der Waals surface area (Å²) in [5, 5.41) is 0. The minimum atomic E-state index is -3.38. The lowest BCUT2D eigenvalue weighted by Gasteiger charge is -2.32. The lowest BCUT2D eigenvalue weighted by molar-refractivity contribution is 0.263. The Bertz CT molecular complexity index is 824. The van der Waals surface area contributed by atoms with Crippen molar-refractivity contribution in [3.63, 3.8) is 0 Å². The predicted molar refractivity (Wildman–Crippen MR) is 115 cm³/mol. The zero-order valence-corrected chi connectivity index (χ0v) is 16.5. The molecule has 0 aliphatic heterocycles. The number of hydrogen-bond donors (Lipinski definition) is 0. The Kier molecular flexibility index (Phi) is 5.94. The van der Waals surface area contributed by atoms with Gasteiger partial charge in [-0.1, -0.05) is 72.8 Å². The summed E-state index contributed by atoms with van der Waals surface area (Å²) >= 11 is 0. The van der Waals surface area contributed by atoms with Gasteiger partial charge in [-0.15, -0.1) is 0 Å². The van der Waals surface area contributed by atoms with Crippen LogP contribution >= 0.6 is 8.17 Å². The average molecular weight is 403 g/mol. The molecule has 4 aromatic carbocycles. The summed E-state index contributed by atoms with van der Waals surface area (Å²) in [7, 11) is -3.38. The maximum absolute atomic E-state index is 6.26. The van der Waals surface area contributed by atoms with E-state index < -0.39 is 8.17 Å². The van der Waals surface area contributed by atoms with Gasteiger partial charge in [-0.2, -0.15) is 0 Å². The number of para-hydroxylation sites is 4. The van der Waals surface area contributed by atoms with Gasteiger partial charge in [-0.05, 0) is 48.5 Å². The molecule has 0 amide bonds. The SMILES string of the molecule is c1ccc(O[P](Oc2ccccc2)(Oc2ccccc2)Oc2ccccc2)cc1. The third-order valence-corrected chi connectivity index (χ3v) is 5.58. The normalized spacial score (nSPS) is 10.8. The van der Waals surface area contributed by atoms with Gasteiger partial charge < -0.3 is 18.1 Å². The van der Waals surface area contributed by atoms with Crippen LogP contribution in [0.2, 0.25) is 0 Å². The molecule has 0 unspecified atom stereocenters. The van der Waals surface area contributed by atoms with Crippen LogP contribution in [0.3, 0.4) is 0 Å². The van der Waals surface area contributed by atoms with E-state index in [-0.39, 0.29) is 0 Å². The van der Waals surface area contributed by atoms with E-state index in [2.05, 4.69) is 0 Å². The van der Waals surface area contributed by atoms with E-state index in [1.165, 1.54) is 0 Å². The van der Waals surface area contributed by atoms with Crippen molar-refractivity contribution in [2.24, 2.45) is 0 Å². The molecule has 0 bridgehead atoms. The minimum absolute atomic E-state index is 0.587. The fourth-order valence-electron chi connectivity index (χ4n) is 2.55. The summed E-state index contributed by atoms with van der Waals surface area (Å²) < 4.78 is 25.0. The van der Waals surface area contributed by atoms with Crippen LogP contribution in [0.25, 0.3) is 0 Å². The lowest BCUT2D eigenvalue weighted by atomic mass is 10.3. The van der Waals surface area contributed by atoms with Crippen molar-refractivity contribution >= 4 is 8.17 Å². The molecule has 0 aliphatic rings. The van der Waals surface area contributed by atoms with Gasteiger partial charge in [-0.25, -0.2) is 0 Å². The van der Waals surface area contributed by atoms with E-state index in [0.29, 0.717) is 23.0 Å². The molecule has 0 N–H and O–H groups in total. The van der Waals surface area contributed by atoms with Crippen molar-refractivity contribution in [2.75, 3.05) is 0 Å². The Balaban J connectivity index is 1.75. The van der Waals surface area contributed by atoms with E-state index in [4.69, 9.17) is 18.1 Å². The van der Waals surface area contributed by atoms with E-state index >= 15 is 0 Å². The molecule has 1 radical (unpaired) electrons. The Morgan fingerprint density at radius 3 is 0.724 bits per heavy atom. The molecule has 0 fully saturated rings.